The molecule has 2 saturated heterocycles. The number of rotatable bonds is 5. The number of amides is 1. The predicted molar refractivity (Wildman–Crippen MR) is 92.9 cm³/mol. The van der Waals surface area contributed by atoms with E-state index >= 15 is 0 Å². The van der Waals surface area contributed by atoms with Crippen LogP contribution in [0.25, 0.3) is 0 Å². The maximum absolute atomic E-state index is 12.4. The third-order valence-corrected chi connectivity index (χ3v) is 8.27. The minimum absolute atomic E-state index is 0.0138. The van der Waals surface area contributed by atoms with Crippen LogP contribution in [0.5, 0.6) is 0 Å². The van der Waals surface area contributed by atoms with Gasteiger partial charge in [-0.2, -0.15) is 0 Å². The summed E-state index contributed by atoms with van der Waals surface area (Å²) in [6, 6.07) is 7.46. The molecule has 2 aliphatic heterocycles. The van der Waals surface area contributed by atoms with Crippen molar-refractivity contribution in [1.82, 2.24) is 4.90 Å². The molecule has 2 fully saturated rings. The molecule has 132 valence electrons. The number of carbonyl (C=O) groups excluding carboxylic acids is 1. The Labute approximate surface area is 147 Å². The van der Waals surface area contributed by atoms with Crippen molar-refractivity contribution in [3.05, 3.63) is 34.9 Å². The Kier molecular flexibility index (Phi) is 4.91. The summed E-state index contributed by atoms with van der Waals surface area (Å²) in [5.74, 6) is 0.168. The van der Waals surface area contributed by atoms with Gasteiger partial charge in [0, 0.05) is 37.6 Å². The summed E-state index contributed by atoms with van der Waals surface area (Å²) in [5.41, 5.74) is 0.938. The first kappa shape index (κ1) is 17.7. The molecule has 5 nitrogen and oxygen atoms in total. The number of benzene rings is 1. The van der Waals surface area contributed by atoms with Crippen LogP contribution in [0.3, 0.4) is 0 Å². The zero-order valence-electron chi connectivity index (χ0n) is 13.7. The van der Waals surface area contributed by atoms with Crippen molar-refractivity contribution in [3.8, 4) is 0 Å². The average Bonchev–Trinajstić information content (AvgIpc) is 2.76. The fourth-order valence-corrected chi connectivity index (χ4v) is 6.42. The molecular formula is C17H22ClNO4S. The fourth-order valence-electron chi connectivity index (χ4n) is 3.79. The van der Waals surface area contributed by atoms with Crippen molar-refractivity contribution in [2.75, 3.05) is 32.6 Å². The van der Waals surface area contributed by atoms with Crippen LogP contribution < -0.4 is 0 Å². The number of hydrogen-bond acceptors (Lipinski definition) is 4. The maximum atomic E-state index is 12.4. The molecule has 2 heterocycles. The molecule has 0 bridgehead atoms. The largest absolute Gasteiger partial charge is 0.384 e. The highest BCUT2D eigenvalue weighted by atomic mass is 35.5. The lowest BCUT2D eigenvalue weighted by Gasteiger charge is -2.49. The van der Waals surface area contributed by atoms with Crippen LogP contribution in [-0.2, 0) is 25.8 Å². The van der Waals surface area contributed by atoms with Crippen molar-refractivity contribution in [2.45, 2.75) is 24.0 Å². The summed E-state index contributed by atoms with van der Waals surface area (Å²) >= 11 is 6.11. The van der Waals surface area contributed by atoms with Gasteiger partial charge in [-0.3, -0.25) is 4.79 Å². The highest BCUT2D eigenvalue weighted by Crippen LogP contribution is 2.45. The molecule has 3 rings (SSSR count). The fraction of sp³-hybridized carbons (Fsp3) is 0.588. The Morgan fingerprint density at radius 1 is 1.38 bits per heavy atom. The van der Waals surface area contributed by atoms with Gasteiger partial charge < -0.3 is 9.64 Å². The first-order valence-corrected chi connectivity index (χ1v) is 10.1. The van der Waals surface area contributed by atoms with Crippen LogP contribution >= 0.6 is 11.6 Å². The molecule has 7 heteroatoms. The van der Waals surface area contributed by atoms with E-state index < -0.39 is 14.6 Å². The summed E-state index contributed by atoms with van der Waals surface area (Å²) < 4.78 is 29.3. The minimum Gasteiger partial charge on any atom is -0.384 e. The van der Waals surface area contributed by atoms with E-state index in [-0.39, 0.29) is 17.6 Å². The molecule has 0 radical (unpaired) electrons. The Morgan fingerprint density at radius 3 is 2.75 bits per heavy atom. The summed E-state index contributed by atoms with van der Waals surface area (Å²) in [6.07, 6.45) is 1.53. The normalized spacial score (nSPS) is 24.1. The lowest BCUT2D eigenvalue weighted by Crippen LogP contribution is -2.68. The predicted octanol–water partition coefficient (Wildman–Crippen LogP) is 1.93. The Balaban J connectivity index is 1.61. The third-order valence-electron chi connectivity index (χ3n) is 5.30. The topological polar surface area (TPSA) is 63.7 Å². The van der Waals surface area contributed by atoms with Gasteiger partial charge in [0.2, 0.25) is 5.91 Å². The SMILES string of the molecule is COCC1CCS(=O)(=O)C12CN(C(=O)CCc1ccccc1Cl)C2. The number of ether oxygens (including phenoxy) is 1. The molecule has 1 atom stereocenters. The van der Waals surface area contributed by atoms with E-state index in [0.29, 0.717) is 44.0 Å². The van der Waals surface area contributed by atoms with Crippen molar-refractivity contribution >= 4 is 27.3 Å². The molecule has 1 spiro atoms. The average molecular weight is 372 g/mol. The summed E-state index contributed by atoms with van der Waals surface area (Å²) in [6.45, 7) is 1.02. The lowest BCUT2D eigenvalue weighted by atomic mass is 9.83. The van der Waals surface area contributed by atoms with Gasteiger partial charge in [0.05, 0.1) is 12.4 Å². The monoisotopic (exact) mass is 371 g/mol. The lowest BCUT2D eigenvalue weighted by molar-refractivity contribution is -0.137. The van der Waals surface area contributed by atoms with Gasteiger partial charge in [0.1, 0.15) is 4.75 Å². The number of aryl methyl sites for hydroxylation is 1. The van der Waals surface area contributed by atoms with E-state index in [9.17, 15) is 13.2 Å². The number of methoxy groups -OCH3 is 1. The molecule has 1 amide bonds. The Bertz CT molecular complexity index is 728. The zero-order valence-corrected chi connectivity index (χ0v) is 15.3. The molecule has 0 aromatic heterocycles. The molecule has 0 N–H and O–H groups in total. The maximum Gasteiger partial charge on any atom is 0.223 e. The zero-order chi connectivity index (χ0) is 17.4. The molecule has 2 aliphatic rings. The molecule has 0 saturated carbocycles. The summed E-state index contributed by atoms with van der Waals surface area (Å²) in [5, 5.41) is 0.656. The number of hydrogen-bond donors (Lipinski definition) is 0. The van der Waals surface area contributed by atoms with E-state index in [1.807, 2.05) is 18.2 Å². The standard InChI is InChI=1S/C17H22ClNO4S/c1-23-10-14-8-9-24(21,22)17(14)11-19(12-17)16(20)7-6-13-4-2-3-5-15(13)18/h2-5,14H,6-12H2,1H3. The van der Waals surface area contributed by atoms with Crippen LogP contribution in [0, 0.1) is 5.92 Å². The van der Waals surface area contributed by atoms with E-state index in [1.165, 1.54) is 0 Å². The Hall–Kier alpha value is -1.11. The molecule has 1 aromatic carbocycles. The number of nitrogens with zero attached hydrogens (tertiary/aromatic N) is 1. The second-order valence-electron chi connectivity index (χ2n) is 6.67. The van der Waals surface area contributed by atoms with Crippen LogP contribution in [0.1, 0.15) is 18.4 Å². The van der Waals surface area contributed by atoms with Gasteiger partial charge in [-0.15, -0.1) is 0 Å². The molecule has 0 aliphatic carbocycles. The van der Waals surface area contributed by atoms with Crippen LogP contribution in [-0.4, -0.2) is 56.5 Å². The van der Waals surface area contributed by atoms with Crippen LogP contribution in [0.15, 0.2) is 24.3 Å². The third kappa shape index (κ3) is 2.95. The van der Waals surface area contributed by atoms with Crippen LogP contribution in [0.2, 0.25) is 5.02 Å². The van der Waals surface area contributed by atoms with Gasteiger partial charge in [0.15, 0.2) is 9.84 Å². The van der Waals surface area contributed by atoms with Gasteiger partial charge in [-0.1, -0.05) is 29.8 Å². The first-order valence-electron chi connectivity index (χ1n) is 8.12. The minimum atomic E-state index is -3.16. The van der Waals surface area contributed by atoms with Crippen molar-refractivity contribution in [3.63, 3.8) is 0 Å². The number of halogens is 1. The highest BCUT2D eigenvalue weighted by molar-refractivity contribution is 7.93. The number of carbonyl (C=O) groups is 1. The van der Waals surface area contributed by atoms with Crippen molar-refractivity contribution < 1.29 is 17.9 Å². The quantitative estimate of drug-likeness (QED) is 0.793. The van der Waals surface area contributed by atoms with E-state index in [0.717, 1.165) is 5.56 Å². The second kappa shape index (κ2) is 6.65. The number of sulfone groups is 1. The molecule has 24 heavy (non-hydrogen) atoms. The van der Waals surface area contributed by atoms with E-state index in [4.69, 9.17) is 16.3 Å². The van der Waals surface area contributed by atoms with Gasteiger partial charge in [0.25, 0.3) is 0 Å². The Morgan fingerprint density at radius 2 is 2.08 bits per heavy atom. The molecule has 1 unspecified atom stereocenters. The van der Waals surface area contributed by atoms with Crippen molar-refractivity contribution in [2.24, 2.45) is 5.92 Å². The summed E-state index contributed by atoms with van der Waals surface area (Å²) in [4.78, 5) is 14.0. The van der Waals surface area contributed by atoms with Gasteiger partial charge >= 0.3 is 0 Å². The van der Waals surface area contributed by atoms with Gasteiger partial charge in [-0.25, -0.2) is 8.42 Å². The van der Waals surface area contributed by atoms with E-state index in [1.54, 1.807) is 18.1 Å². The van der Waals surface area contributed by atoms with E-state index in [2.05, 4.69) is 0 Å². The smallest absolute Gasteiger partial charge is 0.223 e. The molecule has 1 aromatic rings. The van der Waals surface area contributed by atoms with Crippen molar-refractivity contribution in [1.29, 1.82) is 0 Å². The number of likely N-dealkylation sites (tertiary alicyclic amines) is 1. The highest BCUT2D eigenvalue weighted by Gasteiger charge is 2.62. The molecular weight excluding hydrogens is 350 g/mol. The van der Waals surface area contributed by atoms with Crippen LogP contribution in [0.4, 0.5) is 0 Å². The first-order chi connectivity index (χ1) is 11.4. The summed E-state index contributed by atoms with van der Waals surface area (Å²) in [7, 11) is -1.57. The second-order valence-corrected chi connectivity index (χ2v) is 9.52. The van der Waals surface area contributed by atoms with Gasteiger partial charge in [-0.05, 0) is 24.5 Å².